The lowest BCUT2D eigenvalue weighted by atomic mass is 10.3. The molecule has 0 radical (unpaired) electrons. The number of carboxylic acid groups (broad SMARTS) is 1. The van der Waals surface area contributed by atoms with Crippen molar-refractivity contribution < 1.29 is 28.2 Å². The maximum Gasteiger partial charge on any atom is 0.355 e. The molecule has 100 valence electrons. The molecular weight excluding hydrogens is 274 g/mol. The number of carbonyl (C=O) groups is 1. The Morgan fingerprint density at radius 3 is 2.68 bits per heavy atom. The molecule has 0 aliphatic carbocycles. The molecule has 19 heavy (non-hydrogen) atoms. The fourth-order valence-corrected chi connectivity index (χ4v) is 2.36. The van der Waals surface area contributed by atoms with E-state index in [1.165, 1.54) is 24.3 Å². The summed E-state index contributed by atoms with van der Waals surface area (Å²) in [6.07, 6.45) is 0.945. The smallest absolute Gasteiger partial charge is 0.355 e. The van der Waals surface area contributed by atoms with Gasteiger partial charge in [-0.2, -0.15) is 12.8 Å². The molecule has 0 aromatic heterocycles. The topological polar surface area (TPSA) is 113 Å². The van der Waals surface area contributed by atoms with E-state index < -0.39 is 21.7 Å². The molecule has 0 unspecified atom stereocenters. The molecular formula is C11H9NO6S. The number of sulfonamides is 1. The highest BCUT2D eigenvalue weighted by Gasteiger charge is 2.28. The normalized spacial score (nSPS) is 16.6. The minimum atomic E-state index is -3.98. The molecule has 1 aliphatic heterocycles. The number of phenols is 1. The van der Waals surface area contributed by atoms with Gasteiger partial charge in [-0.25, -0.2) is 4.79 Å². The maximum absolute atomic E-state index is 11.5. The van der Waals surface area contributed by atoms with Gasteiger partial charge in [-0.1, -0.05) is 6.07 Å². The van der Waals surface area contributed by atoms with Crippen LogP contribution in [0.2, 0.25) is 0 Å². The summed E-state index contributed by atoms with van der Waals surface area (Å²) in [6.45, 7) is -0.355. The quantitative estimate of drug-likeness (QED) is 0.833. The molecule has 1 aliphatic rings. The Labute approximate surface area is 108 Å². The molecule has 0 bridgehead atoms. The summed E-state index contributed by atoms with van der Waals surface area (Å²) >= 11 is 0. The van der Waals surface area contributed by atoms with Gasteiger partial charge in [0.15, 0.2) is 5.71 Å². The summed E-state index contributed by atoms with van der Waals surface area (Å²) in [5, 5.41) is 17.9. The van der Waals surface area contributed by atoms with Crippen molar-refractivity contribution >= 4 is 21.7 Å². The van der Waals surface area contributed by atoms with E-state index >= 15 is 0 Å². The Morgan fingerprint density at radius 2 is 2.11 bits per heavy atom. The summed E-state index contributed by atoms with van der Waals surface area (Å²) in [5.74, 6) is -1.18. The van der Waals surface area contributed by atoms with Crippen LogP contribution in [0.3, 0.4) is 0 Å². The second kappa shape index (κ2) is 4.73. The van der Waals surface area contributed by atoms with Gasteiger partial charge in [-0.15, -0.1) is 0 Å². The van der Waals surface area contributed by atoms with Gasteiger partial charge < -0.3 is 14.9 Å². The molecule has 0 amide bonds. The predicted octanol–water partition coefficient (Wildman–Crippen LogP) is 0.524. The average Bonchev–Trinajstić information content (AvgIpc) is 2.62. The number of aromatic hydroxyl groups is 1. The lowest BCUT2D eigenvalue weighted by molar-refractivity contribution is -0.129. The molecule has 0 saturated heterocycles. The van der Waals surface area contributed by atoms with E-state index in [4.69, 9.17) is 9.84 Å². The summed E-state index contributed by atoms with van der Waals surface area (Å²) < 4.78 is 31.3. The number of phenolic OH excluding ortho intramolecular Hbond substituents is 1. The van der Waals surface area contributed by atoms with Gasteiger partial charge in [-0.3, -0.25) is 0 Å². The number of aliphatic carboxylic acids is 1. The molecule has 8 heteroatoms. The molecule has 1 heterocycles. The Bertz CT molecular complexity index is 689. The van der Waals surface area contributed by atoms with Crippen LogP contribution in [0.1, 0.15) is 0 Å². The SMILES string of the molecule is O=C(O)C1=NS(=O)(=O)C(COc2cccc(O)c2)=C1. The number of rotatable bonds is 4. The second-order valence-electron chi connectivity index (χ2n) is 3.65. The Balaban J connectivity index is 2.13. The first-order chi connectivity index (χ1) is 8.88. The number of hydrogen-bond acceptors (Lipinski definition) is 5. The van der Waals surface area contributed by atoms with E-state index in [0.717, 1.165) is 6.08 Å². The van der Waals surface area contributed by atoms with Crippen molar-refractivity contribution in [2.24, 2.45) is 4.40 Å². The van der Waals surface area contributed by atoms with Crippen LogP contribution in [-0.4, -0.2) is 36.9 Å². The molecule has 0 saturated carbocycles. The zero-order chi connectivity index (χ0) is 14.0. The van der Waals surface area contributed by atoms with Crippen LogP contribution in [-0.2, 0) is 14.8 Å². The van der Waals surface area contributed by atoms with Gasteiger partial charge in [0.2, 0.25) is 0 Å². The highest BCUT2D eigenvalue weighted by atomic mass is 32.2. The lowest BCUT2D eigenvalue weighted by Gasteiger charge is -2.06. The first-order valence-corrected chi connectivity index (χ1v) is 6.53. The van der Waals surface area contributed by atoms with Gasteiger partial charge in [0.25, 0.3) is 10.0 Å². The van der Waals surface area contributed by atoms with Crippen LogP contribution in [0, 0.1) is 0 Å². The third-order valence-corrected chi connectivity index (χ3v) is 3.60. The predicted molar refractivity (Wildman–Crippen MR) is 65.7 cm³/mol. The van der Waals surface area contributed by atoms with Gasteiger partial charge in [-0.05, 0) is 18.2 Å². The van der Waals surface area contributed by atoms with Crippen LogP contribution in [0.5, 0.6) is 11.5 Å². The number of carboxylic acids is 1. The Hall–Kier alpha value is -2.35. The average molecular weight is 283 g/mol. The standard InChI is InChI=1S/C11H9NO6S/c13-7-2-1-3-8(4-7)18-6-9-5-10(11(14)15)12-19(9,16)17/h1-5,13H,6H2,(H,14,15). The van der Waals surface area contributed by atoms with Crippen molar-refractivity contribution in [1.82, 2.24) is 0 Å². The van der Waals surface area contributed by atoms with Crippen LogP contribution in [0.4, 0.5) is 0 Å². The van der Waals surface area contributed by atoms with Gasteiger partial charge in [0.05, 0.1) is 0 Å². The highest BCUT2D eigenvalue weighted by molar-refractivity contribution is 7.94. The minimum absolute atomic E-state index is 0.0248. The summed E-state index contributed by atoms with van der Waals surface area (Å²) in [6, 6.07) is 5.80. The number of hydrogen-bond donors (Lipinski definition) is 2. The van der Waals surface area contributed by atoms with E-state index in [0.29, 0.717) is 0 Å². The zero-order valence-corrected chi connectivity index (χ0v) is 10.3. The van der Waals surface area contributed by atoms with Crippen LogP contribution >= 0.6 is 0 Å². The first-order valence-electron chi connectivity index (χ1n) is 5.09. The lowest BCUT2D eigenvalue weighted by Crippen LogP contribution is -2.07. The van der Waals surface area contributed by atoms with Crippen LogP contribution in [0.15, 0.2) is 39.6 Å². The Morgan fingerprint density at radius 1 is 1.37 bits per heavy atom. The van der Waals surface area contributed by atoms with Crippen LogP contribution < -0.4 is 4.74 Å². The van der Waals surface area contributed by atoms with E-state index in [1.54, 1.807) is 0 Å². The molecule has 1 aromatic carbocycles. The van der Waals surface area contributed by atoms with Crippen molar-refractivity contribution in [2.75, 3.05) is 6.61 Å². The number of benzene rings is 1. The fraction of sp³-hybridized carbons (Fsp3) is 0.0909. The van der Waals surface area contributed by atoms with Crippen molar-refractivity contribution in [2.45, 2.75) is 0 Å². The molecule has 0 atom stereocenters. The third-order valence-electron chi connectivity index (χ3n) is 2.27. The maximum atomic E-state index is 11.5. The molecule has 2 rings (SSSR count). The van der Waals surface area contributed by atoms with E-state index in [1.807, 2.05) is 0 Å². The summed E-state index contributed by atoms with van der Waals surface area (Å²) in [7, 11) is -3.98. The molecule has 0 spiro atoms. The molecule has 2 N–H and O–H groups in total. The van der Waals surface area contributed by atoms with E-state index in [2.05, 4.69) is 4.40 Å². The third kappa shape index (κ3) is 2.91. The van der Waals surface area contributed by atoms with Crippen molar-refractivity contribution in [1.29, 1.82) is 0 Å². The number of ether oxygens (including phenoxy) is 1. The van der Waals surface area contributed by atoms with Gasteiger partial charge >= 0.3 is 5.97 Å². The van der Waals surface area contributed by atoms with Crippen molar-refractivity contribution in [3.05, 3.63) is 35.2 Å². The molecule has 0 fully saturated rings. The Kier molecular flexibility index (Phi) is 3.26. The van der Waals surface area contributed by atoms with Crippen molar-refractivity contribution in [3.63, 3.8) is 0 Å². The van der Waals surface area contributed by atoms with Gasteiger partial charge in [0, 0.05) is 6.07 Å². The number of nitrogens with zero attached hydrogens (tertiary/aromatic N) is 1. The largest absolute Gasteiger partial charge is 0.508 e. The van der Waals surface area contributed by atoms with E-state index in [-0.39, 0.29) is 23.0 Å². The minimum Gasteiger partial charge on any atom is -0.508 e. The van der Waals surface area contributed by atoms with Gasteiger partial charge in [0.1, 0.15) is 23.0 Å². The van der Waals surface area contributed by atoms with Crippen molar-refractivity contribution in [3.8, 4) is 11.5 Å². The summed E-state index contributed by atoms with van der Waals surface area (Å²) in [5.41, 5.74) is -0.547. The highest BCUT2D eigenvalue weighted by Crippen LogP contribution is 2.21. The molecule has 7 nitrogen and oxygen atoms in total. The summed E-state index contributed by atoms with van der Waals surface area (Å²) in [4.78, 5) is 10.4. The first kappa shape index (κ1) is 13.1. The van der Waals surface area contributed by atoms with Crippen LogP contribution in [0.25, 0.3) is 0 Å². The molecule has 1 aromatic rings. The van der Waals surface area contributed by atoms with E-state index in [9.17, 15) is 18.3 Å². The zero-order valence-electron chi connectivity index (χ0n) is 9.48. The monoisotopic (exact) mass is 283 g/mol. The fourth-order valence-electron chi connectivity index (χ4n) is 1.39. The second-order valence-corrected chi connectivity index (χ2v) is 5.31.